The minimum Gasteiger partial charge on any atom is -0.382 e. The molecule has 21 nitrogen and oxygen atoms in total. The van der Waals surface area contributed by atoms with Crippen LogP contribution < -0.4 is 11.5 Å². The van der Waals surface area contributed by atoms with E-state index in [9.17, 15) is 23.7 Å². The van der Waals surface area contributed by atoms with Crippen LogP contribution in [-0.2, 0) is 50.9 Å². The molecule has 4 aliphatic rings. The molecule has 7 rings (SSSR count). The van der Waals surface area contributed by atoms with E-state index in [2.05, 4.69) is 24.2 Å². The summed E-state index contributed by atoms with van der Waals surface area (Å²) in [7, 11) is -10.5. The van der Waals surface area contributed by atoms with Gasteiger partial charge in [-0.05, 0) is 27.7 Å². The average Bonchev–Trinajstić information content (AvgIpc) is 3.82. The van der Waals surface area contributed by atoms with Gasteiger partial charge in [-0.3, -0.25) is 18.4 Å². The minimum absolute atomic E-state index is 0.0320. The molecule has 3 aromatic heterocycles. The maximum absolute atomic E-state index is 12.9. The Morgan fingerprint density at radius 2 is 1.54 bits per heavy atom. The number of nitrogen functional groups attached to an aromatic ring is 1. The van der Waals surface area contributed by atoms with Crippen molar-refractivity contribution in [3.63, 3.8) is 0 Å². The average molecular weight is 875 g/mol. The van der Waals surface area contributed by atoms with Crippen molar-refractivity contribution in [3.8, 4) is 0 Å². The number of ether oxygens (including phenoxy) is 6. The van der Waals surface area contributed by atoms with E-state index >= 15 is 0 Å². The number of thiazole rings is 1. The van der Waals surface area contributed by atoms with E-state index in [0.717, 1.165) is 11.3 Å². The van der Waals surface area contributed by atoms with Crippen LogP contribution in [0.3, 0.4) is 0 Å². The highest BCUT2D eigenvalue weighted by Crippen LogP contribution is 2.61. The van der Waals surface area contributed by atoms with E-state index in [0.29, 0.717) is 20.0 Å². The van der Waals surface area contributed by atoms with Crippen molar-refractivity contribution >= 4 is 72.5 Å². The Kier molecular flexibility index (Phi) is 9.47. The molecule has 3 aromatic rings. The van der Waals surface area contributed by atoms with Gasteiger partial charge >= 0.3 is 15.6 Å². The topological polar surface area (TPSA) is 283 Å². The fourth-order valence-electron chi connectivity index (χ4n) is 6.17. The monoisotopic (exact) mass is 875 g/mol. The van der Waals surface area contributed by atoms with Gasteiger partial charge in [-0.15, -0.1) is 11.3 Å². The summed E-state index contributed by atoms with van der Waals surface area (Å²) in [6, 6.07) is 0. The van der Waals surface area contributed by atoms with Crippen LogP contribution in [0.4, 0.5) is 5.82 Å². The van der Waals surface area contributed by atoms with E-state index in [1.807, 2.05) is 22.6 Å². The van der Waals surface area contributed by atoms with Crippen molar-refractivity contribution in [3.05, 3.63) is 26.2 Å². The van der Waals surface area contributed by atoms with E-state index < -0.39 is 95.3 Å². The highest BCUT2D eigenvalue weighted by atomic mass is 127. The van der Waals surface area contributed by atoms with Gasteiger partial charge in [0.25, 0.3) is 5.91 Å². The van der Waals surface area contributed by atoms with Crippen molar-refractivity contribution in [1.29, 1.82) is 0 Å². The number of nitrogens with zero attached hydrogens (tertiary/aromatic N) is 5. The van der Waals surface area contributed by atoms with Crippen LogP contribution in [0.25, 0.3) is 11.2 Å². The Bertz CT molecular complexity index is 1910. The fraction of sp³-hybridized carbons (Fsp3) is 0.640. The first-order chi connectivity index (χ1) is 23.3. The van der Waals surface area contributed by atoms with Crippen molar-refractivity contribution in [2.45, 2.75) is 88.2 Å². The van der Waals surface area contributed by atoms with Crippen LogP contribution in [0.15, 0.2) is 11.7 Å². The molecule has 0 aliphatic carbocycles. The number of anilines is 1. The van der Waals surface area contributed by atoms with E-state index in [-0.39, 0.29) is 11.5 Å². The van der Waals surface area contributed by atoms with Crippen molar-refractivity contribution in [2.24, 2.45) is 5.73 Å². The molecule has 0 aromatic carbocycles. The van der Waals surface area contributed by atoms with Crippen LogP contribution in [0, 0.1) is 3.83 Å². The molecule has 25 heteroatoms. The second kappa shape index (κ2) is 13.0. The Hall–Kier alpha value is -1.80. The summed E-state index contributed by atoms with van der Waals surface area (Å²) in [4.78, 5) is 49.4. The standard InChI is InChI=1S/C25H32IN7O14P2S/c1-24(2)43-13-10(41-16(15(13)45-24)21-30-9(7-50-21)19(28)34)5-39-48(35,36)47-49(37,38)40-6-11-14-17(46-25(3,4)44-14)22(42-11)33-8-29-12-18(27)31-23(26)32-20(12)33/h7-8,10-11,13-17,22H,5-6H2,1-4H3,(H2,28,34)(H,35,36)(H,37,38)(H2,27,31,32)/t10-,11-,13-,14-,15-,16-,17-,22-/m1/s1. The number of carbonyl (C=O) groups excluding carboxylic acids is 1. The second-order valence-corrected chi connectivity index (χ2v) is 17.4. The molecule has 10 atom stereocenters. The third-order valence-corrected chi connectivity index (χ3v) is 12.0. The number of rotatable bonds is 11. The number of primary amides is 1. The zero-order valence-electron chi connectivity index (χ0n) is 26.6. The Morgan fingerprint density at radius 1 is 0.960 bits per heavy atom. The molecule has 4 fully saturated rings. The summed E-state index contributed by atoms with van der Waals surface area (Å²) in [5.74, 6) is -2.68. The molecule has 50 heavy (non-hydrogen) atoms. The molecule has 0 radical (unpaired) electrons. The first-order valence-electron chi connectivity index (χ1n) is 14.9. The van der Waals surface area contributed by atoms with Gasteiger partial charge in [-0.25, -0.2) is 29.1 Å². The van der Waals surface area contributed by atoms with E-state index in [1.165, 1.54) is 11.7 Å². The number of halogens is 1. The number of hydrogen-bond acceptors (Lipinski definition) is 18. The summed E-state index contributed by atoms with van der Waals surface area (Å²) in [6.45, 7) is 5.47. The lowest BCUT2D eigenvalue weighted by Gasteiger charge is -2.25. The Balaban J connectivity index is 0.999. The van der Waals surface area contributed by atoms with Crippen LogP contribution in [0.1, 0.15) is 55.5 Å². The smallest absolute Gasteiger partial charge is 0.382 e. The number of fused-ring (bicyclic) bond motifs is 3. The van der Waals surface area contributed by atoms with Gasteiger partial charge < -0.3 is 49.7 Å². The highest BCUT2D eigenvalue weighted by Gasteiger charge is 2.58. The molecule has 4 saturated heterocycles. The number of aromatic nitrogens is 5. The van der Waals surface area contributed by atoms with Gasteiger partial charge in [-0.1, -0.05) is 0 Å². The van der Waals surface area contributed by atoms with Gasteiger partial charge in [0.1, 0.15) is 58.9 Å². The molecule has 6 N–H and O–H groups in total. The number of amides is 1. The van der Waals surface area contributed by atoms with Crippen LogP contribution in [0.5, 0.6) is 0 Å². The third kappa shape index (κ3) is 7.24. The van der Waals surface area contributed by atoms with Crippen LogP contribution in [0.2, 0.25) is 0 Å². The predicted molar refractivity (Wildman–Crippen MR) is 175 cm³/mol. The predicted octanol–water partition coefficient (Wildman–Crippen LogP) is 1.90. The van der Waals surface area contributed by atoms with E-state index in [1.54, 1.807) is 32.3 Å². The SMILES string of the molecule is CC1(C)O[C@@H]2[C@H](O1)[C@@H](COP(=O)(O)OP(=O)(O)OC[C@H]1O[C@@H](c3nc(C(N)=O)cs3)[C@@H]3OC(C)(C)O[C@@H]31)O[C@H]2n1cnc2c(N)nc(I)nc21. The molecule has 0 bridgehead atoms. The van der Waals surface area contributed by atoms with Gasteiger partial charge in [0, 0.05) is 28.0 Å². The zero-order valence-corrected chi connectivity index (χ0v) is 31.3. The molecule has 274 valence electrons. The fourth-order valence-corrected chi connectivity index (χ4v) is 9.63. The maximum atomic E-state index is 12.9. The van der Waals surface area contributed by atoms with Crippen molar-refractivity contribution in [1.82, 2.24) is 24.5 Å². The molecular formula is C25H32IN7O14P2S. The van der Waals surface area contributed by atoms with Gasteiger partial charge in [-0.2, -0.15) is 4.31 Å². The number of imidazole rings is 1. The summed E-state index contributed by atoms with van der Waals surface area (Å²) < 4.78 is 78.6. The first-order valence-corrected chi connectivity index (χ1v) is 19.8. The van der Waals surface area contributed by atoms with Crippen molar-refractivity contribution in [2.75, 3.05) is 18.9 Å². The minimum atomic E-state index is -5.26. The van der Waals surface area contributed by atoms with Gasteiger partial charge in [0.2, 0.25) is 0 Å². The van der Waals surface area contributed by atoms with Crippen LogP contribution in [-0.4, -0.2) is 102 Å². The molecule has 2 unspecified atom stereocenters. The van der Waals surface area contributed by atoms with Crippen molar-refractivity contribution < 1.29 is 65.5 Å². The largest absolute Gasteiger partial charge is 0.481 e. The van der Waals surface area contributed by atoms with Gasteiger partial charge in [0.05, 0.1) is 19.5 Å². The van der Waals surface area contributed by atoms with Gasteiger partial charge in [0.15, 0.2) is 33.1 Å². The normalized spacial score (nSPS) is 33.7. The lowest BCUT2D eigenvalue weighted by molar-refractivity contribution is -0.199. The number of phosphoric ester groups is 2. The molecular weight excluding hydrogens is 843 g/mol. The quantitative estimate of drug-likeness (QED) is 0.122. The second-order valence-electron chi connectivity index (χ2n) is 12.5. The molecule has 1 amide bonds. The number of hydrogen-bond donors (Lipinski definition) is 4. The number of nitrogens with two attached hydrogens (primary N) is 2. The lowest BCUT2D eigenvalue weighted by Crippen LogP contribution is -2.33. The Labute approximate surface area is 300 Å². The molecule has 0 saturated carbocycles. The highest BCUT2D eigenvalue weighted by molar-refractivity contribution is 14.1. The maximum Gasteiger partial charge on any atom is 0.481 e. The Morgan fingerprint density at radius 3 is 2.16 bits per heavy atom. The lowest BCUT2D eigenvalue weighted by atomic mass is 10.1. The summed E-state index contributed by atoms with van der Waals surface area (Å²) in [5, 5.41) is 1.83. The first kappa shape index (κ1) is 36.6. The van der Waals surface area contributed by atoms with Crippen LogP contribution >= 0.6 is 49.6 Å². The number of carbonyl (C=O) groups is 1. The zero-order chi connectivity index (χ0) is 36.0. The summed E-state index contributed by atoms with van der Waals surface area (Å²) >= 11 is 3.02. The molecule has 4 aliphatic heterocycles. The molecule has 0 spiro atoms. The third-order valence-electron chi connectivity index (χ3n) is 8.00. The van der Waals surface area contributed by atoms with E-state index in [4.69, 9.17) is 48.9 Å². The number of phosphoric acid groups is 2. The summed E-state index contributed by atoms with van der Waals surface area (Å²) in [6.07, 6.45) is -5.37. The summed E-state index contributed by atoms with van der Waals surface area (Å²) in [5.41, 5.74) is 12.1. The molecule has 7 heterocycles.